The van der Waals surface area contributed by atoms with Crippen molar-refractivity contribution in [2.45, 2.75) is 31.3 Å². The van der Waals surface area contributed by atoms with Crippen LogP contribution in [0.3, 0.4) is 0 Å². The lowest BCUT2D eigenvalue weighted by Gasteiger charge is -2.35. The second-order valence-electron chi connectivity index (χ2n) is 6.64. The van der Waals surface area contributed by atoms with Crippen LogP contribution >= 0.6 is 0 Å². The first-order valence-electron chi connectivity index (χ1n) is 8.57. The molecular weight excluding hydrogens is 310 g/mol. The Bertz CT molecular complexity index is 962. The minimum absolute atomic E-state index is 0.111. The summed E-state index contributed by atoms with van der Waals surface area (Å²) in [7, 11) is 0. The molecule has 25 heavy (non-hydrogen) atoms. The molecule has 4 rings (SSSR count). The molecule has 1 heterocycles. The van der Waals surface area contributed by atoms with Crippen LogP contribution in [0.15, 0.2) is 60.7 Å². The second kappa shape index (κ2) is 6.10. The molecule has 1 aromatic heterocycles. The molecular formula is C21H19N3O. The first kappa shape index (κ1) is 15.5. The first-order chi connectivity index (χ1) is 12.2. The number of hydrogen-bond acceptors (Lipinski definition) is 2. The number of para-hydroxylation sites is 1. The number of aromatic nitrogens is 1. The van der Waals surface area contributed by atoms with Gasteiger partial charge in [-0.05, 0) is 37.0 Å². The van der Waals surface area contributed by atoms with Crippen molar-refractivity contribution in [3.63, 3.8) is 0 Å². The van der Waals surface area contributed by atoms with E-state index in [2.05, 4.69) is 23.5 Å². The molecule has 124 valence electrons. The minimum Gasteiger partial charge on any atom is -0.336 e. The van der Waals surface area contributed by atoms with Gasteiger partial charge in [-0.25, -0.2) is 0 Å². The molecule has 0 unspecified atom stereocenters. The number of rotatable bonds is 4. The van der Waals surface area contributed by atoms with Crippen molar-refractivity contribution >= 4 is 16.8 Å². The van der Waals surface area contributed by atoms with Gasteiger partial charge in [0.1, 0.15) is 12.1 Å². The van der Waals surface area contributed by atoms with Gasteiger partial charge in [-0.1, -0.05) is 48.5 Å². The van der Waals surface area contributed by atoms with Crippen molar-refractivity contribution in [3.8, 4) is 17.3 Å². The van der Waals surface area contributed by atoms with E-state index in [9.17, 15) is 10.1 Å². The fraction of sp³-hybridized carbons (Fsp3) is 0.238. The highest BCUT2D eigenvalue weighted by molar-refractivity contribution is 5.89. The van der Waals surface area contributed by atoms with Crippen LogP contribution in [-0.2, 0) is 11.3 Å². The first-order valence-corrected chi connectivity index (χ1v) is 8.57. The van der Waals surface area contributed by atoms with Crippen molar-refractivity contribution < 1.29 is 4.79 Å². The van der Waals surface area contributed by atoms with Crippen molar-refractivity contribution in [1.82, 2.24) is 9.88 Å². The van der Waals surface area contributed by atoms with Crippen molar-refractivity contribution in [2.24, 2.45) is 0 Å². The smallest absolute Gasteiger partial charge is 0.241 e. The monoisotopic (exact) mass is 329 g/mol. The van der Waals surface area contributed by atoms with Crippen LogP contribution in [-0.4, -0.2) is 16.0 Å². The van der Waals surface area contributed by atoms with E-state index in [1.54, 1.807) is 0 Å². The van der Waals surface area contributed by atoms with E-state index in [0.717, 1.165) is 41.4 Å². The molecule has 0 aliphatic heterocycles. The number of nitrogens with one attached hydrogen (secondary N) is 1. The number of amides is 1. The molecule has 1 N–H and O–H groups in total. The lowest BCUT2D eigenvalue weighted by atomic mass is 9.78. The highest BCUT2D eigenvalue weighted by Crippen LogP contribution is 2.32. The van der Waals surface area contributed by atoms with Crippen molar-refractivity contribution in [2.75, 3.05) is 0 Å². The molecule has 0 atom stereocenters. The molecule has 0 saturated heterocycles. The minimum atomic E-state index is -0.660. The third-order valence-corrected chi connectivity index (χ3v) is 4.98. The summed E-state index contributed by atoms with van der Waals surface area (Å²) >= 11 is 0. The maximum absolute atomic E-state index is 12.6. The molecule has 0 spiro atoms. The molecule has 3 aromatic rings. The zero-order valence-corrected chi connectivity index (χ0v) is 13.9. The Balaban J connectivity index is 1.71. The number of carbonyl (C=O) groups excluding carboxylic acids is 1. The van der Waals surface area contributed by atoms with E-state index in [4.69, 9.17) is 0 Å². The predicted molar refractivity (Wildman–Crippen MR) is 97.7 cm³/mol. The molecule has 0 radical (unpaired) electrons. The van der Waals surface area contributed by atoms with E-state index >= 15 is 0 Å². The Morgan fingerprint density at radius 1 is 1.12 bits per heavy atom. The lowest BCUT2D eigenvalue weighted by molar-refractivity contribution is -0.123. The summed E-state index contributed by atoms with van der Waals surface area (Å²) in [5.41, 5.74) is 2.45. The number of nitrogens with zero attached hydrogens (tertiary/aromatic N) is 2. The highest BCUT2D eigenvalue weighted by atomic mass is 16.2. The van der Waals surface area contributed by atoms with Crippen molar-refractivity contribution in [1.29, 1.82) is 5.26 Å². The van der Waals surface area contributed by atoms with E-state index in [-0.39, 0.29) is 12.5 Å². The Kier molecular flexibility index (Phi) is 3.77. The van der Waals surface area contributed by atoms with Gasteiger partial charge in [0, 0.05) is 16.6 Å². The third kappa shape index (κ3) is 2.78. The lowest BCUT2D eigenvalue weighted by Crippen LogP contribution is -2.53. The van der Waals surface area contributed by atoms with Gasteiger partial charge in [0.15, 0.2) is 0 Å². The topological polar surface area (TPSA) is 57.8 Å². The molecule has 4 nitrogen and oxygen atoms in total. The van der Waals surface area contributed by atoms with Gasteiger partial charge in [0.05, 0.1) is 6.07 Å². The van der Waals surface area contributed by atoms with Gasteiger partial charge in [0.25, 0.3) is 0 Å². The van der Waals surface area contributed by atoms with Gasteiger partial charge >= 0.3 is 0 Å². The van der Waals surface area contributed by atoms with E-state index in [0.29, 0.717) is 0 Å². The summed E-state index contributed by atoms with van der Waals surface area (Å²) in [5, 5.41) is 13.4. The fourth-order valence-corrected chi connectivity index (χ4v) is 3.47. The fourth-order valence-electron chi connectivity index (χ4n) is 3.47. The van der Waals surface area contributed by atoms with Crippen LogP contribution in [0.4, 0.5) is 0 Å². The number of fused-ring (bicyclic) bond motifs is 1. The molecule has 1 aliphatic carbocycles. The summed E-state index contributed by atoms with van der Waals surface area (Å²) < 4.78 is 2.03. The molecule has 1 saturated carbocycles. The van der Waals surface area contributed by atoms with Crippen molar-refractivity contribution in [3.05, 3.63) is 60.7 Å². The van der Waals surface area contributed by atoms with E-state index in [1.165, 1.54) is 0 Å². The van der Waals surface area contributed by atoms with E-state index < -0.39 is 5.54 Å². The SMILES string of the molecule is N#CC1(NC(=O)Cn2c(-c3ccccc3)cc3ccccc32)CCC1. The molecule has 4 heteroatoms. The Labute approximate surface area is 146 Å². The highest BCUT2D eigenvalue weighted by Gasteiger charge is 2.38. The largest absolute Gasteiger partial charge is 0.336 e. The Morgan fingerprint density at radius 3 is 2.52 bits per heavy atom. The standard InChI is InChI=1S/C21H19N3O/c22-15-21(11-6-12-21)23-20(25)14-24-18-10-5-4-9-17(18)13-19(24)16-7-2-1-3-8-16/h1-5,7-10,13H,6,11-12,14H2,(H,23,25). The summed E-state index contributed by atoms with van der Waals surface area (Å²) in [5.74, 6) is -0.111. The zero-order valence-electron chi connectivity index (χ0n) is 13.9. The van der Waals surface area contributed by atoms with Gasteiger partial charge in [-0.15, -0.1) is 0 Å². The summed E-state index contributed by atoms with van der Waals surface area (Å²) in [6.07, 6.45) is 2.48. The molecule has 1 fully saturated rings. The molecule has 2 aromatic carbocycles. The third-order valence-electron chi connectivity index (χ3n) is 4.98. The number of benzene rings is 2. The Hall–Kier alpha value is -3.06. The van der Waals surface area contributed by atoms with Crippen LogP contribution in [0.25, 0.3) is 22.2 Å². The quantitative estimate of drug-likeness (QED) is 0.790. The Morgan fingerprint density at radius 2 is 1.84 bits per heavy atom. The molecule has 1 aliphatic rings. The summed E-state index contributed by atoms with van der Waals surface area (Å²) in [4.78, 5) is 12.6. The van der Waals surface area contributed by atoms with Gasteiger partial charge in [0.2, 0.25) is 5.91 Å². The van der Waals surface area contributed by atoms with Gasteiger partial charge in [-0.3, -0.25) is 4.79 Å². The van der Waals surface area contributed by atoms with Gasteiger partial charge < -0.3 is 9.88 Å². The summed E-state index contributed by atoms with van der Waals surface area (Å²) in [6, 6.07) is 22.5. The average molecular weight is 329 g/mol. The maximum atomic E-state index is 12.6. The maximum Gasteiger partial charge on any atom is 0.241 e. The van der Waals surface area contributed by atoms with Gasteiger partial charge in [-0.2, -0.15) is 5.26 Å². The van der Waals surface area contributed by atoms with Crippen LogP contribution in [0.2, 0.25) is 0 Å². The van der Waals surface area contributed by atoms with Crippen LogP contribution in [0.5, 0.6) is 0 Å². The van der Waals surface area contributed by atoms with E-state index in [1.807, 2.05) is 53.1 Å². The molecule has 1 amide bonds. The second-order valence-corrected chi connectivity index (χ2v) is 6.64. The average Bonchev–Trinajstić information content (AvgIpc) is 2.97. The van der Waals surface area contributed by atoms with Crippen LogP contribution < -0.4 is 5.32 Å². The van der Waals surface area contributed by atoms with Crippen LogP contribution in [0.1, 0.15) is 19.3 Å². The summed E-state index contributed by atoms with van der Waals surface area (Å²) in [6.45, 7) is 0.209. The number of nitriles is 1. The van der Waals surface area contributed by atoms with Crippen LogP contribution in [0, 0.1) is 11.3 Å². The number of hydrogen-bond donors (Lipinski definition) is 1. The number of carbonyl (C=O) groups is 1. The predicted octanol–water partition coefficient (Wildman–Crippen LogP) is 3.87. The molecule has 0 bridgehead atoms. The zero-order chi connectivity index (χ0) is 17.3. The normalized spacial score (nSPS) is 15.3.